The molecule has 1 aliphatic heterocycles. The molecule has 1 saturated heterocycles. The van der Waals surface area contributed by atoms with Crippen LogP contribution in [0.5, 0.6) is 0 Å². The molecule has 88 valence electrons. The second kappa shape index (κ2) is 5.15. The standard InChI is InChI=1S/C13H19ClN2/c1-10(2)9-16-7-3-4-12(16)11-5-6-13(14)15-8-11/h5-6,8,10,12H,3-4,7,9H2,1-2H3/t12-/m1/s1. The van der Waals surface area contributed by atoms with Gasteiger partial charge in [0, 0.05) is 18.8 Å². The average molecular weight is 239 g/mol. The van der Waals surface area contributed by atoms with Gasteiger partial charge in [-0.25, -0.2) is 4.98 Å². The molecule has 1 aliphatic rings. The molecule has 0 saturated carbocycles. The van der Waals surface area contributed by atoms with Gasteiger partial charge in [0.2, 0.25) is 0 Å². The third-order valence-corrected chi connectivity index (χ3v) is 3.32. The van der Waals surface area contributed by atoms with Crippen LogP contribution < -0.4 is 0 Å². The minimum atomic E-state index is 0.548. The van der Waals surface area contributed by atoms with Gasteiger partial charge >= 0.3 is 0 Å². The lowest BCUT2D eigenvalue weighted by Crippen LogP contribution is -2.27. The SMILES string of the molecule is CC(C)CN1CCC[C@@H]1c1ccc(Cl)nc1. The van der Waals surface area contributed by atoms with Crippen molar-refractivity contribution < 1.29 is 0 Å². The number of likely N-dealkylation sites (tertiary alicyclic amines) is 1. The van der Waals surface area contributed by atoms with Crippen molar-refractivity contribution in [2.75, 3.05) is 13.1 Å². The summed E-state index contributed by atoms with van der Waals surface area (Å²) >= 11 is 5.81. The summed E-state index contributed by atoms with van der Waals surface area (Å²) in [4.78, 5) is 6.74. The van der Waals surface area contributed by atoms with Gasteiger partial charge in [-0.1, -0.05) is 31.5 Å². The van der Waals surface area contributed by atoms with Gasteiger partial charge < -0.3 is 0 Å². The van der Waals surface area contributed by atoms with E-state index in [0.717, 1.165) is 5.92 Å². The normalized spacial score (nSPS) is 21.9. The van der Waals surface area contributed by atoms with Gasteiger partial charge in [-0.3, -0.25) is 4.90 Å². The first kappa shape index (κ1) is 11.9. The maximum Gasteiger partial charge on any atom is 0.129 e. The number of hydrogen-bond donors (Lipinski definition) is 0. The monoisotopic (exact) mass is 238 g/mol. The highest BCUT2D eigenvalue weighted by Gasteiger charge is 2.26. The van der Waals surface area contributed by atoms with Crippen molar-refractivity contribution in [1.82, 2.24) is 9.88 Å². The van der Waals surface area contributed by atoms with Crippen LogP contribution in [0.3, 0.4) is 0 Å². The van der Waals surface area contributed by atoms with Crippen LogP contribution in [0.2, 0.25) is 5.15 Å². The van der Waals surface area contributed by atoms with E-state index in [1.165, 1.54) is 31.5 Å². The minimum Gasteiger partial charge on any atom is -0.296 e. The molecule has 1 fully saturated rings. The van der Waals surface area contributed by atoms with Crippen molar-refractivity contribution in [3.8, 4) is 0 Å². The van der Waals surface area contributed by atoms with Crippen molar-refractivity contribution in [1.29, 1.82) is 0 Å². The van der Waals surface area contributed by atoms with Crippen molar-refractivity contribution in [3.05, 3.63) is 29.0 Å². The van der Waals surface area contributed by atoms with Crippen molar-refractivity contribution in [3.63, 3.8) is 0 Å². The minimum absolute atomic E-state index is 0.548. The summed E-state index contributed by atoms with van der Waals surface area (Å²) in [5.41, 5.74) is 1.31. The van der Waals surface area contributed by atoms with Crippen LogP contribution in [-0.2, 0) is 0 Å². The molecule has 1 aromatic heterocycles. The van der Waals surface area contributed by atoms with Crippen molar-refractivity contribution >= 4 is 11.6 Å². The summed E-state index contributed by atoms with van der Waals surface area (Å²) in [5, 5.41) is 0.581. The lowest BCUT2D eigenvalue weighted by molar-refractivity contribution is 0.228. The zero-order chi connectivity index (χ0) is 11.5. The van der Waals surface area contributed by atoms with Crippen LogP contribution in [-0.4, -0.2) is 23.0 Å². The predicted octanol–water partition coefficient (Wildman–Crippen LogP) is 3.53. The molecule has 0 bridgehead atoms. The number of pyridine rings is 1. The number of aromatic nitrogens is 1. The largest absolute Gasteiger partial charge is 0.296 e. The van der Waals surface area contributed by atoms with Crippen molar-refractivity contribution in [2.45, 2.75) is 32.7 Å². The van der Waals surface area contributed by atoms with Gasteiger partial charge in [0.05, 0.1) is 0 Å². The summed E-state index contributed by atoms with van der Waals surface area (Å²) in [6, 6.07) is 4.55. The molecule has 0 unspecified atom stereocenters. The zero-order valence-corrected chi connectivity index (χ0v) is 10.7. The molecule has 1 aromatic rings. The van der Waals surface area contributed by atoms with Crippen molar-refractivity contribution in [2.24, 2.45) is 5.92 Å². The number of halogens is 1. The first-order valence-electron chi connectivity index (χ1n) is 6.02. The Balaban J connectivity index is 2.10. The van der Waals surface area contributed by atoms with E-state index in [1.807, 2.05) is 12.3 Å². The summed E-state index contributed by atoms with van der Waals surface area (Å²) in [6.07, 6.45) is 4.46. The van der Waals surface area contributed by atoms with Crippen LogP contribution >= 0.6 is 11.6 Å². The molecular weight excluding hydrogens is 220 g/mol. The van der Waals surface area contributed by atoms with Crippen LogP contribution in [0.1, 0.15) is 38.3 Å². The van der Waals surface area contributed by atoms with Gasteiger partial charge in [-0.2, -0.15) is 0 Å². The predicted molar refractivity (Wildman–Crippen MR) is 67.6 cm³/mol. The lowest BCUT2D eigenvalue weighted by atomic mass is 10.1. The van der Waals surface area contributed by atoms with E-state index in [0.29, 0.717) is 11.2 Å². The Kier molecular flexibility index (Phi) is 3.82. The fourth-order valence-corrected chi connectivity index (χ4v) is 2.59. The topological polar surface area (TPSA) is 16.1 Å². The maximum atomic E-state index is 5.81. The molecule has 2 heterocycles. The second-order valence-corrected chi connectivity index (χ2v) is 5.35. The molecule has 0 aliphatic carbocycles. The fourth-order valence-electron chi connectivity index (χ4n) is 2.48. The van der Waals surface area contributed by atoms with E-state index in [2.05, 4.69) is 29.8 Å². The second-order valence-electron chi connectivity index (χ2n) is 4.96. The van der Waals surface area contributed by atoms with E-state index in [1.54, 1.807) is 0 Å². The fraction of sp³-hybridized carbons (Fsp3) is 0.615. The summed E-state index contributed by atoms with van der Waals surface area (Å²) in [6.45, 7) is 6.93. The number of hydrogen-bond acceptors (Lipinski definition) is 2. The van der Waals surface area contributed by atoms with Gasteiger partial charge in [0.15, 0.2) is 0 Å². The van der Waals surface area contributed by atoms with Crippen LogP contribution in [0.25, 0.3) is 0 Å². The van der Waals surface area contributed by atoms with Crippen LogP contribution in [0.15, 0.2) is 18.3 Å². The maximum absolute atomic E-state index is 5.81. The van der Waals surface area contributed by atoms with Crippen LogP contribution in [0.4, 0.5) is 0 Å². The van der Waals surface area contributed by atoms with Gasteiger partial charge in [-0.15, -0.1) is 0 Å². The highest BCUT2D eigenvalue weighted by molar-refractivity contribution is 6.29. The first-order valence-corrected chi connectivity index (χ1v) is 6.40. The quantitative estimate of drug-likeness (QED) is 0.749. The highest BCUT2D eigenvalue weighted by Crippen LogP contribution is 2.32. The number of nitrogens with zero attached hydrogens (tertiary/aromatic N) is 2. The zero-order valence-electron chi connectivity index (χ0n) is 9.99. The van der Waals surface area contributed by atoms with E-state index in [-0.39, 0.29) is 0 Å². The molecule has 1 atom stereocenters. The molecular formula is C13H19ClN2. The molecule has 2 rings (SSSR count). The van der Waals surface area contributed by atoms with E-state index >= 15 is 0 Å². The van der Waals surface area contributed by atoms with E-state index in [9.17, 15) is 0 Å². The lowest BCUT2D eigenvalue weighted by Gasteiger charge is -2.26. The summed E-state index contributed by atoms with van der Waals surface area (Å²) in [5.74, 6) is 0.723. The molecule has 0 aromatic carbocycles. The average Bonchev–Trinajstić information content (AvgIpc) is 2.66. The molecule has 0 spiro atoms. The Morgan fingerprint density at radius 1 is 1.50 bits per heavy atom. The van der Waals surface area contributed by atoms with Gasteiger partial charge in [-0.05, 0) is 36.9 Å². The van der Waals surface area contributed by atoms with E-state index < -0.39 is 0 Å². The summed E-state index contributed by atoms with van der Waals surface area (Å²) < 4.78 is 0. The molecule has 0 radical (unpaired) electrons. The third kappa shape index (κ3) is 2.74. The molecule has 2 nitrogen and oxygen atoms in total. The molecule has 16 heavy (non-hydrogen) atoms. The highest BCUT2D eigenvalue weighted by atomic mass is 35.5. The van der Waals surface area contributed by atoms with Gasteiger partial charge in [0.25, 0.3) is 0 Å². The Labute approximate surface area is 103 Å². The number of rotatable bonds is 3. The smallest absolute Gasteiger partial charge is 0.129 e. The first-order chi connectivity index (χ1) is 7.66. The summed E-state index contributed by atoms with van der Waals surface area (Å²) in [7, 11) is 0. The van der Waals surface area contributed by atoms with Gasteiger partial charge in [0.1, 0.15) is 5.15 Å². The molecule has 3 heteroatoms. The van der Waals surface area contributed by atoms with Crippen LogP contribution in [0, 0.1) is 5.92 Å². The third-order valence-electron chi connectivity index (χ3n) is 3.10. The Morgan fingerprint density at radius 2 is 2.31 bits per heavy atom. The van der Waals surface area contributed by atoms with E-state index in [4.69, 9.17) is 11.6 Å². The molecule has 0 N–H and O–H groups in total. The molecule has 0 amide bonds. The Hall–Kier alpha value is -0.600. The Morgan fingerprint density at radius 3 is 2.94 bits per heavy atom. The Bertz CT molecular complexity index is 334.